The van der Waals surface area contributed by atoms with Crippen molar-refractivity contribution in [3.63, 3.8) is 0 Å². The Balaban J connectivity index is 2.13. The van der Waals surface area contributed by atoms with Crippen molar-refractivity contribution in [1.29, 1.82) is 0 Å². The van der Waals surface area contributed by atoms with Crippen LogP contribution in [0.3, 0.4) is 0 Å². The molecule has 0 spiro atoms. The lowest BCUT2D eigenvalue weighted by Crippen LogP contribution is -2.45. The van der Waals surface area contributed by atoms with E-state index in [2.05, 4.69) is 0 Å². The minimum atomic E-state index is -0.207. The average molecular weight is 322 g/mol. The SMILES string of the molecule is COc1ccccc1CN(CCO)C(=O)[C@@H]1C[C@H](OC)CN1C. The van der Waals surface area contributed by atoms with Gasteiger partial charge in [0.1, 0.15) is 5.75 Å². The lowest BCUT2D eigenvalue weighted by molar-refractivity contribution is -0.136. The molecule has 1 N–H and O–H groups in total. The summed E-state index contributed by atoms with van der Waals surface area (Å²) in [5, 5.41) is 9.33. The normalized spacial score (nSPS) is 21.4. The standard InChI is InChI=1S/C17H26N2O4/c1-18-12-14(22-2)10-15(18)17(21)19(8-9-20)11-13-6-4-5-7-16(13)23-3/h4-7,14-15,20H,8-12H2,1-3H3/t14-,15-/m0/s1. The first-order valence-corrected chi connectivity index (χ1v) is 7.85. The van der Waals surface area contributed by atoms with Gasteiger partial charge in [-0.25, -0.2) is 0 Å². The van der Waals surface area contributed by atoms with Crippen LogP contribution in [0.4, 0.5) is 0 Å². The van der Waals surface area contributed by atoms with Crippen LogP contribution in [0.5, 0.6) is 5.75 Å². The first kappa shape index (κ1) is 17.7. The second-order valence-corrected chi connectivity index (χ2v) is 5.84. The van der Waals surface area contributed by atoms with Gasteiger partial charge in [-0.2, -0.15) is 0 Å². The molecule has 1 fully saturated rings. The number of hydrogen-bond acceptors (Lipinski definition) is 5. The van der Waals surface area contributed by atoms with Crippen molar-refractivity contribution in [3.8, 4) is 5.75 Å². The predicted octanol–water partition coefficient (Wildman–Crippen LogP) is 0.735. The highest BCUT2D eigenvalue weighted by Crippen LogP contribution is 2.23. The van der Waals surface area contributed by atoms with Crippen LogP contribution < -0.4 is 4.74 Å². The molecular weight excluding hydrogens is 296 g/mol. The van der Waals surface area contributed by atoms with Gasteiger partial charge >= 0.3 is 0 Å². The minimum Gasteiger partial charge on any atom is -0.496 e. The fourth-order valence-corrected chi connectivity index (χ4v) is 3.05. The summed E-state index contributed by atoms with van der Waals surface area (Å²) in [7, 11) is 5.22. The summed E-state index contributed by atoms with van der Waals surface area (Å²) in [6, 6.07) is 7.42. The Kier molecular flexibility index (Phi) is 6.38. The number of carbonyl (C=O) groups is 1. The Bertz CT molecular complexity index is 523. The Morgan fingerprint density at radius 1 is 1.39 bits per heavy atom. The highest BCUT2D eigenvalue weighted by molar-refractivity contribution is 5.82. The average Bonchev–Trinajstić information content (AvgIpc) is 2.95. The molecule has 6 heteroatoms. The Morgan fingerprint density at radius 3 is 2.74 bits per heavy atom. The lowest BCUT2D eigenvalue weighted by Gasteiger charge is -2.28. The highest BCUT2D eigenvalue weighted by Gasteiger charge is 2.36. The molecule has 1 aliphatic heterocycles. The van der Waals surface area contributed by atoms with Crippen molar-refractivity contribution in [2.45, 2.75) is 25.1 Å². The molecule has 0 radical (unpaired) electrons. The van der Waals surface area contributed by atoms with Gasteiger partial charge in [0.2, 0.25) is 5.91 Å². The van der Waals surface area contributed by atoms with Gasteiger partial charge in [0.15, 0.2) is 0 Å². The molecule has 1 heterocycles. The van der Waals surface area contributed by atoms with Crippen molar-refractivity contribution in [3.05, 3.63) is 29.8 Å². The number of carbonyl (C=O) groups excluding carboxylic acids is 1. The second kappa shape index (κ2) is 8.29. The molecule has 23 heavy (non-hydrogen) atoms. The number of likely N-dealkylation sites (N-methyl/N-ethyl adjacent to an activating group) is 1. The van der Waals surface area contributed by atoms with Crippen LogP contribution in [0.25, 0.3) is 0 Å². The van der Waals surface area contributed by atoms with Crippen molar-refractivity contribution in [2.24, 2.45) is 0 Å². The zero-order chi connectivity index (χ0) is 16.8. The number of aliphatic hydroxyl groups is 1. The summed E-state index contributed by atoms with van der Waals surface area (Å²) >= 11 is 0. The molecule has 1 aromatic rings. The van der Waals surface area contributed by atoms with E-state index >= 15 is 0 Å². The molecule has 128 valence electrons. The van der Waals surface area contributed by atoms with Crippen LogP contribution in [0.15, 0.2) is 24.3 Å². The van der Waals surface area contributed by atoms with E-state index in [0.29, 0.717) is 19.5 Å². The number of nitrogens with zero attached hydrogens (tertiary/aromatic N) is 2. The number of rotatable bonds is 7. The van der Waals surface area contributed by atoms with Gasteiger partial charge in [0.05, 0.1) is 25.9 Å². The molecule has 1 amide bonds. The van der Waals surface area contributed by atoms with Crippen molar-refractivity contribution in [1.82, 2.24) is 9.80 Å². The maximum absolute atomic E-state index is 12.9. The Morgan fingerprint density at radius 2 is 2.13 bits per heavy atom. The van der Waals surface area contributed by atoms with Crippen LogP contribution in [-0.4, -0.2) is 73.9 Å². The van der Waals surface area contributed by atoms with Gasteiger partial charge in [-0.1, -0.05) is 18.2 Å². The van der Waals surface area contributed by atoms with Gasteiger partial charge in [0.25, 0.3) is 0 Å². The number of para-hydroxylation sites is 1. The summed E-state index contributed by atoms with van der Waals surface area (Å²) in [4.78, 5) is 16.6. The summed E-state index contributed by atoms with van der Waals surface area (Å²) in [5.41, 5.74) is 0.931. The van der Waals surface area contributed by atoms with Crippen LogP contribution in [0.1, 0.15) is 12.0 Å². The monoisotopic (exact) mass is 322 g/mol. The van der Waals surface area contributed by atoms with Crippen LogP contribution in [0, 0.1) is 0 Å². The van der Waals surface area contributed by atoms with Gasteiger partial charge in [-0.3, -0.25) is 9.69 Å². The van der Waals surface area contributed by atoms with Gasteiger partial charge in [-0.05, 0) is 19.5 Å². The van der Waals surface area contributed by atoms with Gasteiger partial charge in [0, 0.05) is 32.3 Å². The molecule has 0 aromatic heterocycles. The third-order valence-electron chi connectivity index (χ3n) is 4.36. The quantitative estimate of drug-likeness (QED) is 0.802. The smallest absolute Gasteiger partial charge is 0.240 e. The molecule has 0 aliphatic carbocycles. The fourth-order valence-electron chi connectivity index (χ4n) is 3.05. The van der Waals surface area contributed by atoms with E-state index in [1.54, 1.807) is 19.1 Å². The summed E-state index contributed by atoms with van der Waals surface area (Å²) in [6.07, 6.45) is 0.760. The van der Waals surface area contributed by atoms with E-state index in [1.165, 1.54) is 0 Å². The maximum atomic E-state index is 12.9. The summed E-state index contributed by atoms with van der Waals surface area (Å²) in [5.74, 6) is 0.768. The largest absolute Gasteiger partial charge is 0.496 e. The van der Waals surface area contributed by atoms with Crippen molar-refractivity contribution >= 4 is 5.91 Å². The fraction of sp³-hybridized carbons (Fsp3) is 0.588. The second-order valence-electron chi connectivity index (χ2n) is 5.84. The number of benzene rings is 1. The van der Waals surface area contributed by atoms with E-state index in [-0.39, 0.29) is 24.7 Å². The van der Waals surface area contributed by atoms with Crippen molar-refractivity contribution in [2.75, 3.05) is 41.0 Å². The highest BCUT2D eigenvalue weighted by atomic mass is 16.5. The topological polar surface area (TPSA) is 62.2 Å². The molecule has 0 bridgehead atoms. The van der Waals surface area contributed by atoms with Gasteiger partial charge < -0.3 is 19.5 Å². The zero-order valence-corrected chi connectivity index (χ0v) is 14.1. The molecule has 1 saturated heterocycles. The Labute approximate surface area is 137 Å². The molecule has 0 unspecified atom stereocenters. The molecule has 0 saturated carbocycles. The maximum Gasteiger partial charge on any atom is 0.240 e. The number of ether oxygens (including phenoxy) is 2. The van der Waals surface area contributed by atoms with Gasteiger partial charge in [-0.15, -0.1) is 0 Å². The predicted molar refractivity (Wildman–Crippen MR) is 87.3 cm³/mol. The molecule has 2 atom stereocenters. The first-order valence-electron chi connectivity index (χ1n) is 7.85. The van der Waals surface area contributed by atoms with E-state index in [1.807, 2.05) is 36.2 Å². The summed E-state index contributed by atoms with van der Waals surface area (Å²) < 4.78 is 10.7. The van der Waals surface area contributed by atoms with E-state index < -0.39 is 0 Å². The first-order chi connectivity index (χ1) is 11.1. The molecule has 6 nitrogen and oxygen atoms in total. The van der Waals surface area contributed by atoms with Crippen LogP contribution in [-0.2, 0) is 16.1 Å². The molecular formula is C17H26N2O4. The number of amides is 1. The number of aliphatic hydroxyl groups excluding tert-OH is 1. The molecule has 1 aromatic carbocycles. The third kappa shape index (κ3) is 4.22. The van der Waals surface area contributed by atoms with Crippen molar-refractivity contribution < 1.29 is 19.4 Å². The number of likely N-dealkylation sites (tertiary alicyclic amines) is 1. The number of methoxy groups -OCH3 is 2. The summed E-state index contributed by atoms with van der Waals surface area (Å²) in [6.45, 7) is 1.41. The molecule has 2 rings (SSSR count). The molecule has 1 aliphatic rings. The zero-order valence-electron chi connectivity index (χ0n) is 14.1. The lowest BCUT2D eigenvalue weighted by atomic mass is 10.1. The van der Waals surface area contributed by atoms with E-state index in [9.17, 15) is 9.90 Å². The van der Waals surface area contributed by atoms with Crippen LogP contribution >= 0.6 is 0 Å². The Hall–Kier alpha value is -1.63. The minimum absolute atomic E-state index is 0.0204. The number of hydrogen-bond donors (Lipinski definition) is 1. The van der Waals surface area contributed by atoms with Crippen LogP contribution in [0.2, 0.25) is 0 Å². The van der Waals surface area contributed by atoms with E-state index in [4.69, 9.17) is 9.47 Å². The van der Waals surface area contributed by atoms with E-state index in [0.717, 1.165) is 17.9 Å². The third-order valence-corrected chi connectivity index (χ3v) is 4.36.